The molecule has 1 aliphatic heterocycles. The molecule has 0 atom stereocenters. The van der Waals surface area contributed by atoms with Crippen molar-refractivity contribution in [2.24, 2.45) is 0 Å². The first kappa shape index (κ1) is 19.8. The predicted molar refractivity (Wildman–Crippen MR) is 114 cm³/mol. The molecule has 7 nitrogen and oxygen atoms in total. The molecule has 1 amide bonds. The number of benzene rings is 2. The number of piperazine rings is 1. The lowest BCUT2D eigenvalue weighted by Crippen LogP contribution is -2.47. The molecule has 154 valence electrons. The maximum absolute atomic E-state index is 12.4. The standard InChI is InChI=1S/C23H24N4O3/c1-29-20-10-8-19(9-11-20)23-24-21(30-25-23)17-26-13-15-27(16-14-26)22(28)12-7-18-5-3-2-4-6-18/h2-12H,13-17H2,1H3. The van der Waals surface area contributed by atoms with Crippen LogP contribution >= 0.6 is 0 Å². The van der Waals surface area contributed by atoms with Gasteiger partial charge in [-0.1, -0.05) is 35.5 Å². The Morgan fingerprint density at radius 1 is 1.07 bits per heavy atom. The van der Waals surface area contributed by atoms with Gasteiger partial charge in [0.05, 0.1) is 13.7 Å². The van der Waals surface area contributed by atoms with E-state index in [4.69, 9.17) is 9.26 Å². The molecular formula is C23H24N4O3. The van der Waals surface area contributed by atoms with E-state index in [1.54, 1.807) is 13.2 Å². The van der Waals surface area contributed by atoms with E-state index in [2.05, 4.69) is 15.0 Å². The van der Waals surface area contributed by atoms with Crippen LogP contribution in [0.3, 0.4) is 0 Å². The van der Waals surface area contributed by atoms with E-state index in [1.165, 1.54) is 0 Å². The average Bonchev–Trinajstić information content (AvgIpc) is 3.27. The van der Waals surface area contributed by atoms with Gasteiger partial charge in [0.15, 0.2) is 0 Å². The SMILES string of the molecule is COc1ccc(-c2noc(CN3CCN(C(=O)C=Cc4ccccc4)CC3)n2)cc1. The normalized spacial score (nSPS) is 14.9. The van der Waals surface area contributed by atoms with Gasteiger partial charge in [-0.25, -0.2) is 0 Å². The van der Waals surface area contributed by atoms with Crippen molar-refractivity contribution in [3.63, 3.8) is 0 Å². The predicted octanol–water partition coefficient (Wildman–Crippen LogP) is 3.10. The first-order chi connectivity index (χ1) is 14.7. The lowest BCUT2D eigenvalue weighted by atomic mass is 10.2. The molecule has 7 heteroatoms. The van der Waals surface area contributed by atoms with E-state index < -0.39 is 0 Å². The lowest BCUT2D eigenvalue weighted by molar-refractivity contribution is -0.127. The Kier molecular flexibility index (Phi) is 6.20. The van der Waals surface area contributed by atoms with Crippen LogP contribution < -0.4 is 4.74 Å². The second kappa shape index (κ2) is 9.37. The highest BCUT2D eigenvalue weighted by atomic mass is 16.5. The summed E-state index contributed by atoms with van der Waals surface area (Å²) < 4.78 is 10.6. The fourth-order valence-corrected chi connectivity index (χ4v) is 3.33. The van der Waals surface area contributed by atoms with Crippen LogP contribution in [0.2, 0.25) is 0 Å². The van der Waals surface area contributed by atoms with Gasteiger partial charge in [-0.2, -0.15) is 4.98 Å². The Bertz CT molecular complexity index is 991. The Hall–Kier alpha value is -3.45. The highest BCUT2D eigenvalue weighted by molar-refractivity contribution is 5.91. The summed E-state index contributed by atoms with van der Waals surface area (Å²) in [7, 11) is 1.63. The van der Waals surface area contributed by atoms with Crippen LogP contribution in [0.1, 0.15) is 11.5 Å². The Morgan fingerprint density at radius 2 is 1.80 bits per heavy atom. The summed E-state index contributed by atoms with van der Waals surface area (Å²) in [5.74, 6) is 1.96. The highest BCUT2D eigenvalue weighted by Crippen LogP contribution is 2.20. The van der Waals surface area contributed by atoms with Crippen LogP contribution in [-0.4, -0.2) is 59.1 Å². The van der Waals surface area contributed by atoms with Crippen LogP contribution in [0, 0.1) is 0 Å². The fraction of sp³-hybridized carbons (Fsp3) is 0.261. The van der Waals surface area contributed by atoms with Gasteiger partial charge in [-0.3, -0.25) is 9.69 Å². The molecule has 30 heavy (non-hydrogen) atoms. The van der Waals surface area contributed by atoms with Crippen molar-refractivity contribution in [3.05, 3.63) is 72.1 Å². The topological polar surface area (TPSA) is 71.7 Å². The second-order valence-corrected chi connectivity index (χ2v) is 7.09. The number of carbonyl (C=O) groups is 1. The van der Waals surface area contributed by atoms with Gasteiger partial charge in [0.25, 0.3) is 0 Å². The minimum absolute atomic E-state index is 0.0399. The van der Waals surface area contributed by atoms with Crippen molar-refractivity contribution in [3.8, 4) is 17.1 Å². The zero-order chi connectivity index (χ0) is 20.8. The third kappa shape index (κ3) is 4.93. The third-order valence-corrected chi connectivity index (χ3v) is 5.08. The molecule has 3 aromatic rings. The van der Waals surface area contributed by atoms with Crippen molar-refractivity contribution in [1.29, 1.82) is 0 Å². The monoisotopic (exact) mass is 404 g/mol. The summed E-state index contributed by atoms with van der Waals surface area (Å²) in [6.45, 7) is 3.47. The number of ether oxygens (including phenoxy) is 1. The number of hydrogen-bond acceptors (Lipinski definition) is 6. The molecule has 0 bridgehead atoms. The smallest absolute Gasteiger partial charge is 0.246 e. The van der Waals surface area contributed by atoms with Crippen LogP contribution in [0.4, 0.5) is 0 Å². The van der Waals surface area contributed by atoms with E-state index in [0.29, 0.717) is 31.3 Å². The third-order valence-electron chi connectivity index (χ3n) is 5.08. The fourth-order valence-electron chi connectivity index (χ4n) is 3.33. The quantitative estimate of drug-likeness (QED) is 0.588. The summed E-state index contributed by atoms with van der Waals surface area (Å²) >= 11 is 0. The molecule has 0 N–H and O–H groups in total. The zero-order valence-corrected chi connectivity index (χ0v) is 16.9. The van der Waals surface area contributed by atoms with Crippen molar-refractivity contribution >= 4 is 12.0 Å². The second-order valence-electron chi connectivity index (χ2n) is 7.09. The molecule has 0 spiro atoms. The molecule has 1 aromatic heterocycles. The number of carbonyl (C=O) groups excluding carboxylic acids is 1. The summed E-state index contributed by atoms with van der Waals surface area (Å²) in [4.78, 5) is 21.0. The lowest BCUT2D eigenvalue weighted by Gasteiger charge is -2.33. The summed E-state index contributed by atoms with van der Waals surface area (Å²) in [6.07, 6.45) is 3.50. The number of amides is 1. The maximum Gasteiger partial charge on any atom is 0.246 e. The summed E-state index contributed by atoms with van der Waals surface area (Å²) in [6, 6.07) is 17.4. The Balaban J connectivity index is 1.28. The summed E-state index contributed by atoms with van der Waals surface area (Å²) in [5, 5.41) is 4.08. The number of methoxy groups -OCH3 is 1. The van der Waals surface area contributed by atoms with E-state index in [9.17, 15) is 4.79 Å². The molecule has 0 aliphatic carbocycles. The van der Waals surface area contributed by atoms with Crippen molar-refractivity contribution < 1.29 is 14.1 Å². The van der Waals surface area contributed by atoms with Gasteiger partial charge in [0, 0.05) is 37.8 Å². The van der Waals surface area contributed by atoms with Gasteiger partial charge in [0.1, 0.15) is 5.75 Å². The van der Waals surface area contributed by atoms with E-state index in [1.807, 2.05) is 65.6 Å². The van der Waals surface area contributed by atoms with Crippen molar-refractivity contribution in [1.82, 2.24) is 19.9 Å². The first-order valence-electron chi connectivity index (χ1n) is 9.93. The van der Waals surface area contributed by atoms with Crippen LogP contribution in [0.5, 0.6) is 5.75 Å². The molecule has 0 unspecified atom stereocenters. The average molecular weight is 404 g/mol. The molecule has 0 radical (unpaired) electrons. The Morgan fingerprint density at radius 3 is 2.50 bits per heavy atom. The largest absolute Gasteiger partial charge is 0.497 e. The first-order valence-corrected chi connectivity index (χ1v) is 9.93. The minimum atomic E-state index is 0.0399. The zero-order valence-electron chi connectivity index (χ0n) is 16.9. The number of rotatable bonds is 6. The van der Waals surface area contributed by atoms with E-state index in [-0.39, 0.29) is 5.91 Å². The van der Waals surface area contributed by atoms with Crippen LogP contribution in [0.25, 0.3) is 17.5 Å². The van der Waals surface area contributed by atoms with Crippen molar-refractivity contribution in [2.75, 3.05) is 33.3 Å². The molecule has 1 fully saturated rings. The molecule has 0 saturated carbocycles. The van der Waals surface area contributed by atoms with Crippen LogP contribution in [0.15, 0.2) is 65.2 Å². The molecular weight excluding hydrogens is 380 g/mol. The van der Waals surface area contributed by atoms with E-state index >= 15 is 0 Å². The van der Waals surface area contributed by atoms with E-state index in [0.717, 1.165) is 30.0 Å². The molecule has 2 aromatic carbocycles. The highest BCUT2D eigenvalue weighted by Gasteiger charge is 2.21. The van der Waals surface area contributed by atoms with Gasteiger partial charge in [-0.15, -0.1) is 0 Å². The van der Waals surface area contributed by atoms with Gasteiger partial charge in [0.2, 0.25) is 17.6 Å². The Labute approximate surface area is 175 Å². The van der Waals surface area contributed by atoms with Gasteiger partial charge in [-0.05, 0) is 35.9 Å². The van der Waals surface area contributed by atoms with Gasteiger partial charge >= 0.3 is 0 Å². The molecule has 4 rings (SSSR count). The molecule has 1 saturated heterocycles. The summed E-state index contributed by atoms with van der Waals surface area (Å²) in [5.41, 5.74) is 1.90. The van der Waals surface area contributed by atoms with Gasteiger partial charge < -0.3 is 14.2 Å². The van der Waals surface area contributed by atoms with Crippen LogP contribution in [-0.2, 0) is 11.3 Å². The van der Waals surface area contributed by atoms with Crippen molar-refractivity contribution in [2.45, 2.75) is 6.54 Å². The number of nitrogens with zero attached hydrogens (tertiary/aromatic N) is 4. The molecule has 2 heterocycles. The minimum Gasteiger partial charge on any atom is -0.497 e. The molecule has 1 aliphatic rings. The number of hydrogen-bond donors (Lipinski definition) is 0. The maximum atomic E-state index is 12.4. The number of aromatic nitrogens is 2.